The second kappa shape index (κ2) is 9.00. The molecular weight excluding hydrogens is 274 g/mol. The molecule has 116 valence electrons. The van der Waals surface area contributed by atoms with E-state index in [9.17, 15) is 4.79 Å². The highest BCUT2D eigenvalue weighted by Gasteiger charge is 2.02. The predicted octanol–water partition coefficient (Wildman–Crippen LogP) is 3.57. The molecule has 3 nitrogen and oxygen atoms in total. The van der Waals surface area contributed by atoms with E-state index in [4.69, 9.17) is 5.11 Å². The maximum absolute atomic E-state index is 11.9. The Balaban J connectivity index is 1.67. The van der Waals surface area contributed by atoms with Crippen molar-refractivity contribution in [2.75, 3.05) is 11.9 Å². The molecule has 0 saturated heterocycles. The number of aryl methyl sites for hydroxylation is 1. The van der Waals surface area contributed by atoms with Gasteiger partial charge in [-0.1, -0.05) is 42.5 Å². The van der Waals surface area contributed by atoms with Gasteiger partial charge in [-0.15, -0.1) is 0 Å². The molecule has 0 aromatic heterocycles. The smallest absolute Gasteiger partial charge is 0.224 e. The first-order valence-electron chi connectivity index (χ1n) is 7.81. The quantitative estimate of drug-likeness (QED) is 0.732. The summed E-state index contributed by atoms with van der Waals surface area (Å²) in [5.74, 6) is 0.0583. The van der Waals surface area contributed by atoms with Gasteiger partial charge in [-0.05, 0) is 48.9 Å². The molecule has 0 saturated carbocycles. The van der Waals surface area contributed by atoms with Crippen molar-refractivity contribution in [2.24, 2.45) is 0 Å². The monoisotopic (exact) mass is 297 g/mol. The summed E-state index contributed by atoms with van der Waals surface area (Å²) in [6, 6.07) is 18.0. The Kier molecular flexibility index (Phi) is 6.65. The summed E-state index contributed by atoms with van der Waals surface area (Å²) in [7, 11) is 0. The minimum absolute atomic E-state index is 0.0583. The van der Waals surface area contributed by atoms with Gasteiger partial charge >= 0.3 is 0 Å². The van der Waals surface area contributed by atoms with Gasteiger partial charge in [-0.3, -0.25) is 4.79 Å². The normalized spacial score (nSPS) is 10.4. The molecule has 0 atom stereocenters. The molecule has 0 heterocycles. The van der Waals surface area contributed by atoms with Crippen molar-refractivity contribution < 1.29 is 9.90 Å². The number of amides is 1. The standard InChI is InChI=1S/C19H23NO2/c21-15-14-17-10-12-18(13-11-17)20-19(22)9-5-4-8-16-6-2-1-3-7-16/h1-3,6-7,10-13,21H,4-5,8-9,14-15H2,(H,20,22). The molecule has 1 amide bonds. The number of nitrogens with one attached hydrogen (secondary N) is 1. The number of benzene rings is 2. The summed E-state index contributed by atoms with van der Waals surface area (Å²) in [6.07, 6.45) is 4.12. The summed E-state index contributed by atoms with van der Waals surface area (Å²) in [6.45, 7) is 0.146. The average molecular weight is 297 g/mol. The summed E-state index contributed by atoms with van der Waals surface area (Å²) in [5, 5.41) is 11.8. The SMILES string of the molecule is O=C(CCCCc1ccccc1)Nc1ccc(CCO)cc1. The van der Waals surface area contributed by atoms with E-state index in [1.54, 1.807) is 0 Å². The number of carbonyl (C=O) groups is 1. The molecule has 3 heteroatoms. The van der Waals surface area contributed by atoms with E-state index in [1.165, 1.54) is 5.56 Å². The fourth-order valence-corrected chi connectivity index (χ4v) is 2.37. The number of aliphatic hydroxyl groups excluding tert-OH is 1. The average Bonchev–Trinajstić information content (AvgIpc) is 2.55. The number of aliphatic hydroxyl groups is 1. The maximum Gasteiger partial charge on any atom is 0.224 e. The fraction of sp³-hybridized carbons (Fsp3) is 0.316. The first-order valence-corrected chi connectivity index (χ1v) is 7.81. The lowest BCUT2D eigenvalue weighted by atomic mass is 10.1. The van der Waals surface area contributed by atoms with Gasteiger partial charge in [0.05, 0.1) is 0 Å². The summed E-state index contributed by atoms with van der Waals surface area (Å²) >= 11 is 0. The van der Waals surface area contributed by atoms with Gasteiger partial charge in [0.25, 0.3) is 0 Å². The summed E-state index contributed by atoms with van der Waals surface area (Å²) in [4.78, 5) is 11.9. The number of hydrogen-bond acceptors (Lipinski definition) is 2. The topological polar surface area (TPSA) is 49.3 Å². The van der Waals surface area contributed by atoms with Crippen LogP contribution < -0.4 is 5.32 Å². The Morgan fingerprint density at radius 3 is 2.23 bits per heavy atom. The molecule has 0 unspecified atom stereocenters. The van der Waals surface area contributed by atoms with Crippen LogP contribution in [0.3, 0.4) is 0 Å². The van der Waals surface area contributed by atoms with E-state index in [0.717, 1.165) is 30.5 Å². The van der Waals surface area contributed by atoms with Gasteiger partial charge in [-0.2, -0.15) is 0 Å². The Morgan fingerprint density at radius 2 is 1.55 bits per heavy atom. The second-order valence-corrected chi connectivity index (χ2v) is 5.41. The summed E-state index contributed by atoms with van der Waals surface area (Å²) < 4.78 is 0. The number of anilines is 1. The fourth-order valence-electron chi connectivity index (χ4n) is 2.37. The van der Waals surface area contributed by atoms with E-state index in [0.29, 0.717) is 12.8 Å². The van der Waals surface area contributed by atoms with Crippen molar-refractivity contribution >= 4 is 11.6 Å². The first kappa shape index (κ1) is 16.2. The van der Waals surface area contributed by atoms with Crippen LogP contribution in [-0.4, -0.2) is 17.6 Å². The van der Waals surface area contributed by atoms with Crippen LogP contribution in [0.15, 0.2) is 54.6 Å². The van der Waals surface area contributed by atoms with Crippen molar-refractivity contribution in [1.82, 2.24) is 0 Å². The molecule has 2 aromatic carbocycles. The van der Waals surface area contributed by atoms with Crippen molar-refractivity contribution in [3.05, 3.63) is 65.7 Å². The highest BCUT2D eigenvalue weighted by molar-refractivity contribution is 5.90. The van der Waals surface area contributed by atoms with Gasteiger partial charge in [0.1, 0.15) is 0 Å². The molecule has 0 bridgehead atoms. The predicted molar refractivity (Wildman–Crippen MR) is 89.9 cm³/mol. The van der Waals surface area contributed by atoms with E-state index in [1.807, 2.05) is 42.5 Å². The van der Waals surface area contributed by atoms with Crippen molar-refractivity contribution in [3.63, 3.8) is 0 Å². The lowest BCUT2D eigenvalue weighted by molar-refractivity contribution is -0.116. The third-order valence-electron chi connectivity index (χ3n) is 3.60. The zero-order valence-corrected chi connectivity index (χ0v) is 12.8. The second-order valence-electron chi connectivity index (χ2n) is 5.41. The van der Waals surface area contributed by atoms with Gasteiger partial charge in [-0.25, -0.2) is 0 Å². The Labute approximate surface area is 132 Å². The Morgan fingerprint density at radius 1 is 0.864 bits per heavy atom. The lowest BCUT2D eigenvalue weighted by Crippen LogP contribution is -2.11. The molecule has 2 aromatic rings. The molecule has 0 fully saturated rings. The molecule has 0 radical (unpaired) electrons. The van der Waals surface area contributed by atoms with Crippen LogP contribution in [0.25, 0.3) is 0 Å². The lowest BCUT2D eigenvalue weighted by Gasteiger charge is -2.06. The first-order chi connectivity index (χ1) is 10.8. The molecule has 22 heavy (non-hydrogen) atoms. The summed E-state index contributed by atoms with van der Waals surface area (Å²) in [5.41, 5.74) is 3.21. The van der Waals surface area contributed by atoms with Crippen molar-refractivity contribution in [1.29, 1.82) is 0 Å². The van der Waals surface area contributed by atoms with Gasteiger partial charge in [0.2, 0.25) is 5.91 Å². The van der Waals surface area contributed by atoms with E-state index < -0.39 is 0 Å². The van der Waals surface area contributed by atoms with Crippen LogP contribution >= 0.6 is 0 Å². The van der Waals surface area contributed by atoms with E-state index >= 15 is 0 Å². The highest BCUT2D eigenvalue weighted by atomic mass is 16.2. The Bertz CT molecular complexity index is 564. The maximum atomic E-state index is 11.9. The van der Waals surface area contributed by atoms with Crippen LogP contribution in [0.1, 0.15) is 30.4 Å². The third kappa shape index (κ3) is 5.70. The molecular formula is C19H23NO2. The molecule has 2 N–H and O–H groups in total. The van der Waals surface area contributed by atoms with Crippen LogP contribution in [0.5, 0.6) is 0 Å². The van der Waals surface area contributed by atoms with Gasteiger partial charge in [0.15, 0.2) is 0 Å². The largest absolute Gasteiger partial charge is 0.396 e. The van der Waals surface area contributed by atoms with Crippen LogP contribution in [-0.2, 0) is 17.6 Å². The van der Waals surface area contributed by atoms with Gasteiger partial charge < -0.3 is 10.4 Å². The van der Waals surface area contributed by atoms with Gasteiger partial charge in [0, 0.05) is 18.7 Å². The number of unbranched alkanes of at least 4 members (excludes halogenated alkanes) is 1. The number of hydrogen-bond donors (Lipinski definition) is 2. The Hall–Kier alpha value is -2.13. The minimum atomic E-state index is 0.0583. The number of carbonyl (C=O) groups excluding carboxylic acids is 1. The molecule has 2 rings (SSSR count). The molecule has 0 aliphatic heterocycles. The highest BCUT2D eigenvalue weighted by Crippen LogP contribution is 2.11. The zero-order chi connectivity index (χ0) is 15.6. The van der Waals surface area contributed by atoms with Crippen molar-refractivity contribution in [3.8, 4) is 0 Å². The molecule has 0 aliphatic rings. The van der Waals surface area contributed by atoms with Crippen molar-refractivity contribution in [2.45, 2.75) is 32.1 Å². The van der Waals surface area contributed by atoms with Crippen LogP contribution in [0.4, 0.5) is 5.69 Å². The van der Waals surface area contributed by atoms with Crippen LogP contribution in [0.2, 0.25) is 0 Å². The molecule has 0 aliphatic carbocycles. The van der Waals surface area contributed by atoms with E-state index in [2.05, 4.69) is 17.4 Å². The minimum Gasteiger partial charge on any atom is -0.396 e. The zero-order valence-electron chi connectivity index (χ0n) is 12.8. The van der Waals surface area contributed by atoms with Crippen LogP contribution in [0, 0.1) is 0 Å². The third-order valence-corrected chi connectivity index (χ3v) is 3.60. The number of rotatable bonds is 8. The molecule has 0 spiro atoms. The van der Waals surface area contributed by atoms with E-state index in [-0.39, 0.29) is 12.5 Å².